The number of anilines is 1. The largest absolute Gasteiger partial charge is 0.360 e. The van der Waals surface area contributed by atoms with E-state index in [0.29, 0.717) is 17.3 Å². The highest BCUT2D eigenvalue weighted by Gasteiger charge is 2.16. The molecule has 1 aromatic rings. The van der Waals surface area contributed by atoms with Crippen LogP contribution in [0.3, 0.4) is 0 Å². The predicted octanol–water partition coefficient (Wildman–Crippen LogP) is 2.06. The van der Waals surface area contributed by atoms with Crippen molar-refractivity contribution in [2.24, 2.45) is 0 Å². The zero-order chi connectivity index (χ0) is 15.1. The summed E-state index contributed by atoms with van der Waals surface area (Å²) in [4.78, 5) is 25.7. The number of thioether (sulfide) groups is 1. The van der Waals surface area contributed by atoms with Crippen molar-refractivity contribution in [1.29, 1.82) is 0 Å². The van der Waals surface area contributed by atoms with Crippen molar-refractivity contribution in [3.05, 3.63) is 11.8 Å². The highest BCUT2D eigenvalue weighted by molar-refractivity contribution is 8.00. The van der Waals surface area contributed by atoms with E-state index >= 15 is 0 Å². The van der Waals surface area contributed by atoms with Crippen LogP contribution in [0, 0.1) is 6.92 Å². The van der Waals surface area contributed by atoms with Crippen molar-refractivity contribution in [2.45, 2.75) is 32.6 Å². The summed E-state index contributed by atoms with van der Waals surface area (Å²) in [5.41, 5.74) is 0. The Morgan fingerprint density at radius 3 is 2.62 bits per heavy atom. The van der Waals surface area contributed by atoms with Crippen molar-refractivity contribution in [3.63, 3.8) is 0 Å². The fraction of sp³-hybridized carbons (Fsp3) is 0.643. The predicted molar refractivity (Wildman–Crippen MR) is 82.2 cm³/mol. The molecule has 2 heterocycles. The quantitative estimate of drug-likeness (QED) is 0.901. The Hall–Kier alpha value is -1.50. The molecular formula is C14H21N3O3S. The zero-order valence-corrected chi connectivity index (χ0v) is 13.1. The van der Waals surface area contributed by atoms with Crippen LogP contribution in [0.25, 0.3) is 0 Å². The second-order valence-corrected chi connectivity index (χ2v) is 6.14. The molecule has 1 fully saturated rings. The second-order valence-electron chi connectivity index (χ2n) is 5.16. The van der Waals surface area contributed by atoms with Gasteiger partial charge in [-0.25, -0.2) is 0 Å². The number of carbonyl (C=O) groups excluding carboxylic acids is 2. The summed E-state index contributed by atoms with van der Waals surface area (Å²) < 4.78 is 4.87. The third-order valence-electron chi connectivity index (χ3n) is 3.31. The van der Waals surface area contributed by atoms with Gasteiger partial charge in [0.05, 0.1) is 11.5 Å². The van der Waals surface area contributed by atoms with Crippen LogP contribution in [0.1, 0.15) is 31.4 Å². The molecule has 1 N–H and O–H groups in total. The van der Waals surface area contributed by atoms with Gasteiger partial charge in [0, 0.05) is 19.2 Å². The van der Waals surface area contributed by atoms with Crippen LogP contribution < -0.4 is 5.32 Å². The number of aromatic nitrogens is 1. The molecular weight excluding hydrogens is 290 g/mol. The highest BCUT2D eigenvalue weighted by atomic mass is 32.2. The van der Waals surface area contributed by atoms with E-state index in [-0.39, 0.29) is 17.6 Å². The Labute approximate surface area is 128 Å². The van der Waals surface area contributed by atoms with Crippen LogP contribution in [-0.2, 0) is 9.59 Å². The van der Waals surface area contributed by atoms with E-state index in [2.05, 4.69) is 10.5 Å². The Morgan fingerprint density at radius 1 is 1.29 bits per heavy atom. The van der Waals surface area contributed by atoms with Gasteiger partial charge in [0.1, 0.15) is 5.76 Å². The third-order valence-corrected chi connectivity index (χ3v) is 4.23. The first kappa shape index (κ1) is 15.9. The van der Waals surface area contributed by atoms with E-state index < -0.39 is 0 Å². The van der Waals surface area contributed by atoms with Crippen molar-refractivity contribution in [3.8, 4) is 0 Å². The summed E-state index contributed by atoms with van der Waals surface area (Å²) in [5, 5.41) is 6.33. The summed E-state index contributed by atoms with van der Waals surface area (Å²) >= 11 is 1.33. The molecule has 0 saturated carbocycles. The number of hydrogen-bond acceptors (Lipinski definition) is 5. The topological polar surface area (TPSA) is 75.4 Å². The maximum atomic E-state index is 12.0. The summed E-state index contributed by atoms with van der Waals surface area (Å²) in [5.74, 6) is 1.62. The van der Waals surface area contributed by atoms with E-state index in [4.69, 9.17) is 4.52 Å². The first-order valence-corrected chi connectivity index (χ1v) is 8.39. The summed E-state index contributed by atoms with van der Waals surface area (Å²) in [7, 11) is 0. The number of amides is 2. The van der Waals surface area contributed by atoms with Gasteiger partial charge >= 0.3 is 0 Å². The lowest BCUT2D eigenvalue weighted by Crippen LogP contribution is -2.33. The molecule has 0 unspecified atom stereocenters. The maximum absolute atomic E-state index is 12.0. The van der Waals surface area contributed by atoms with Crippen LogP contribution in [0.4, 0.5) is 5.82 Å². The fourth-order valence-corrected chi connectivity index (χ4v) is 2.96. The number of likely N-dealkylation sites (tertiary alicyclic amines) is 1. The molecule has 1 aliphatic heterocycles. The van der Waals surface area contributed by atoms with Crippen molar-refractivity contribution in [2.75, 3.05) is 29.9 Å². The van der Waals surface area contributed by atoms with Gasteiger partial charge in [0.15, 0.2) is 5.82 Å². The van der Waals surface area contributed by atoms with Crippen LogP contribution in [0.5, 0.6) is 0 Å². The zero-order valence-electron chi connectivity index (χ0n) is 12.3. The Balaban J connectivity index is 1.66. The molecule has 2 amide bonds. The molecule has 0 aliphatic carbocycles. The van der Waals surface area contributed by atoms with Crippen molar-refractivity contribution >= 4 is 29.4 Å². The third kappa shape index (κ3) is 5.41. The molecule has 1 aromatic heterocycles. The lowest BCUT2D eigenvalue weighted by Gasteiger charge is -2.19. The molecule has 0 aromatic carbocycles. The van der Waals surface area contributed by atoms with Gasteiger partial charge in [-0.2, -0.15) is 0 Å². The maximum Gasteiger partial charge on any atom is 0.235 e. The summed E-state index contributed by atoms with van der Waals surface area (Å²) in [6.45, 7) is 3.46. The lowest BCUT2D eigenvalue weighted by atomic mass is 10.2. The van der Waals surface area contributed by atoms with E-state index in [1.54, 1.807) is 13.0 Å². The minimum Gasteiger partial charge on any atom is -0.360 e. The molecule has 0 spiro atoms. The molecule has 6 nitrogen and oxygen atoms in total. The van der Waals surface area contributed by atoms with Gasteiger partial charge in [-0.05, 0) is 19.8 Å². The van der Waals surface area contributed by atoms with Crippen LogP contribution >= 0.6 is 11.8 Å². The van der Waals surface area contributed by atoms with Gasteiger partial charge in [-0.15, -0.1) is 11.8 Å². The minimum absolute atomic E-state index is 0.131. The molecule has 1 aliphatic rings. The molecule has 21 heavy (non-hydrogen) atoms. The average molecular weight is 311 g/mol. The van der Waals surface area contributed by atoms with Crippen molar-refractivity contribution < 1.29 is 14.1 Å². The number of hydrogen-bond donors (Lipinski definition) is 1. The summed E-state index contributed by atoms with van der Waals surface area (Å²) in [6.07, 6.45) is 4.58. The van der Waals surface area contributed by atoms with E-state index in [0.717, 1.165) is 25.9 Å². The molecule has 116 valence electrons. The normalized spacial score (nSPS) is 15.6. The highest BCUT2D eigenvalue weighted by Crippen LogP contribution is 2.12. The molecule has 0 atom stereocenters. The fourth-order valence-electron chi connectivity index (χ4n) is 2.25. The monoisotopic (exact) mass is 311 g/mol. The minimum atomic E-state index is -0.169. The Morgan fingerprint density at radius 2 is 2.00 bits per heavy atom. The van der Waals surface area contributed by atoms with Gasteiger partial charge in [-0.1, -0.05) is 18.0 Å². The van der Waals surface area contributed by atoms with Gasteiger partial charge in [0.25, 0.3) is 0 Å². The number of carbonyl (C=O) groups is 2. The first-order chi connectivity index (χ1) is 10.1. The average Bonchev–Trinajstić information content (AvgIpc) is 2.70. The number of rotatable bonds is 5. The molecule has 0 bridgehead atoms. The van der Waals surface area contributed by atoms with Crippen LogP contribution in [-0.4, -0.2) is 46.5 Å². The molecule has 1 saturated heterocycles. The summed E-state index contributed by atoms with van der Waals surface area (Å²) in [6, 6.07) is 1.66. The number of aryl methyl sites for hydroxylation is 1. The Bertz CT molecular complexity index is 482. The molecule has 0 radical (unpaired) electrons. The smallest absolute Gasteiger partial charge is 0.235 e. The van der Waals surface area contributed by atoms with E-state index in [9.17, 15) is 9.59 Å². The molecule has 2 rings (SSSR count). The van der Waals surface area contributed by atoms with Crippen LogP contribution in [0.15, 0.2) is 10.6 Å². The number of nitrogens with zero attached hydrogens (tertiary/aromatic N) is 2. The standard InChI is InChI=1S/C14H21N3O3S/c1-11-8-12(16-20-11)15-13(18)9-21-10-14(19)17-6-4-2-3-5-7-17/h8H,2-7,9-10H2,1H3,(H,15,16,18). The lowest BCUT2D eigenvalue weighted by molar-refractivity contribution is -0.128. The van der Waals surface area contributed by atoms with Gasteiger partial charge in [-0.3, -0.25) is 9.59 Å². The molecule has 7 heteroatoms. The SMILES string of the molecule is Cc1cc(NC(=O)CSCC(=O)N2CCCCCC2)no1. The second kappa shape index (κ2) is 8.07. The van der Waals surface area contributed by atoms with Gasteiger partial charge in [0.2, 0.25) is 11.8 Å². The van der Waals surface area contributed by atoms with Crippen LogP contribution in [0.2, 0.25) is 0 Å². The number of nitrogens with one attached hydrogen (secondary N) is 1. The Kier molecular flexibility index (Phi) is 6.10. The van der Waals surface area contributed by atoms with E-state index in [1.807, 2.05) is 4.90 Å². The van der Waals surface area contributed by atoms with Gasteiger partial charge < -0.3 is 14.7 Å². The first-order valence-electron chi connectivity index (χ1n) is 7.24. The van der Waals surface area contributed by atoms with E-state index in [1.165, 1.54) is 24.6 Å². The van der Waals surface area contributed by atoms with Crippen molar-refractivity contribution in [1.82, 2.24) is 10.1 Å².